The first kappa shape index (κ1) is 21.1. The van der Waals surface area contributed by atoms with E-state index in [-0.39, 0.29) is 36.0 Å². The summed E-state index contributed by atoms with van der Waals surface area (Å²) in [6.45, 7) is 3.77. The zero-order chi connectivity index (χ0) is 20.5. The molecule has 152 valence electrons. The van der Waals surface area contributed by atoms with Crippen molar-refractivity contribution in [1.29, 1.82) is 0 Å². The normalized spacial score (nSPS) is 19.5. The number of anilines is 1. The molecular formula is C18H22Cl2N4O3S. The number of nitrogens with one attached hydrogen (secondary N) is 2. The minimum Gasteiger partial charge on any atom is -0.310 e. The highest BCUT2D eigenvalue weighted by atomic mass is 35.5. The van der Waals surface area contributed by atoms with Crippen LogP contribution in [-0.4, -0.2) is 42.2 Å². The lowest BCUT2D eigenvalue weighted by Gasteiger charge is -2.17. The van der Waals surface area contributed by atoms with Gasteiger partial charge in [0.05, 0.1) is 29.8 Å². The Morgan fingerprint density at radius 1 is 1.36 bits per heavy atom. The van der Waals surface area contributed by atoms with E-state index in [1.54, 1.807) is 29.8 Å². The van der Waals surface area contributed by atoms with E-state index >= 15 is 0 Å². The first-order chi connectivity index (χ1) is 13.1. The molecule has 0 radical (unpaired) electrons. The van der Waals surface area contributed by atoms with Gasteiger partial charge in [-0.15, -0.1) is 0 Å². The molecule has 1 fully saturated rings. The zero-order valence-electron chi connectivity index (χ0n) is 15.6. The number of aromatic nitrogens is 2. The van der Waals surface area contributed by atoms with Gasteiger partial charge in [0.2, 0.25) is 5.91 Å². The summed E-state index contributed by atoms with van der Waals surface area (Å²) in [5, 5.41) is 11.4. The quantitative estimate of drug-likeness (QED) is 0.713. The Hall–Kier alpha value is -1.61. The predicted octanol–water partition coefficient (Wildman–Crippen LogP) is 3.15. The maximum atomic E-state index is 12.4. The Morgan fingerprint density at radius 2 is 2.11 bits per heavy atom. The van der Waals surface area contributed by atoms with Gasteiger partial charge in [-0.25, -0.2) is 13.1 Å². The molecule has 0 spiro atoms. The lowest BCUT2D eigenvalue weighted by molar-refractivity contribution is -0.115. The minimum absolute atomic E-state index is 0.0430. The molecule has 10 heteroatoms. The fourth-order valence-electron chi connectivity index (χ4n) is 3.25. The summed E-state index contributed by atoms with van der Waals surface area (Å²) in [4.78, 5) is 12.4. The molecule has 1 amide bonds. The van der Waals surface area contributed by atoms with Crippen LogP contribution in [0.1, 0.15) is 36.7 Å². The predicted molar refractivity (Wildman–Crippen MR) is 111 cm³/mol. The molecule has 1 saturated heterocycles. The third-order valence-electron chi connectivity index (χ3n) is 4.68. The molecule has 2 heterocycles. The maximum Gasteiger partial charge on any atom is 0.239 e. The topological polar surface area (TPSA) is 93.1 Å². The summed E-state index contributed by atoms with van der Waals surface area (Å²) >= 11 is 12.1. The Morgan fingerprint density at radius 3 is 2.75 bits per heavy atom. The van der Waals surface area contributed by atoms with E-state index in [0.29, 0.717) is 28.0 Å². The lowest BCUT2D eigenvalue weighted by Crippen LogP contribution is -2.31. The van der Waals surface area contributed by atoms with Gasteiger partial charge in [0.1, 0.15) is 5.82 Å². The van der Waals surface area contributed by atoms with E-state index in [9.17, 15) is 13.2 Å². The van der Waals surface area contributed by atoms with E-state index in [2.05, 4.69) is 15.7 Å². The molecule has 2 N–H and O–H groups in total. The minimum atomic E-state index is -3.05. The van der Waals surface area contributed by atoms with Gasteiger partial charge in [-0.3, -0.25) is 4.79 Å². The van der Waals surface area contributed by atoms with Crippen molar-refractivity contribution in [3.05, 3.63) is 45.6 Å². The number of nitrogens with zero attached hydrogens (tertiary/aromatic N) is 2. The van der Waals surface area contributed by atoms with Gasteiger partial charge in [-0.05, 0) is 38.0 Å². The molecule has 0 bridgehead atoms. The second-order valence-electron chi connectivity index (χ2n) is 6.99. The SMILES string of the molecule is Cc1cc(NC(=O)CN[C@@H](C)c2ccc(Cl)cc2Cl)n([C@@H]2CCS(=O)(=O)C2)n1. The molecule has 0 saturated carbocycles. The Balaban J connectivity index is 1.62. The van der Waals surface area contributed by atoms with Crippen LogP contribution >= 0.6 is 23.2 Å². The summed E-state index contributed by atoms with van der Waals surface area (Å²) in [6, 6.07) is 6.56. The molecule has 0 aliphatic carbocycles. The molecule has 2 aromatic rings. The van der Waals surface area contributed by atoms with Crippen molar-refractivity contribution in [2.24, 2.45) is 0 Å². The van der Waals surface area contributed by atoms with Crippen molar-refractivity contribution in [3.63, 3.8) is 0 Å². The number of halogens is 2. The standard InChI is InChI=1S/C18H22Cl2N4O3S/c1-11-7-17(24(23-11)14-5-6-28(26,27)10-14)22-18(25)9-21-12(2)15-4-3-13(19)8-16(15)20/h3-4,7-8,12,14,21H,5-6,9-10H2,1-2H3,(H,22,25)/t12-,14+/m0/s1. The molecule has 0 unspecified atom stereocenters. The number of hydrogen-bond acceptors (Lipinski definition) is 5. The van der Waals surface area contributed by atoms with Crippen LogP contribution in [0.4, 0.5) is 5.82 Å². The van der Waals surface area contributed by atoms with E-state index in [0.717, 1.165) is 5.56 Å². The molecule has 1 aliphatic rings. The fraction of sp³-hybridized carbons (Fsp3) is 0.444. The molecule has 1 aliphatic heterocycles. The lowest BCUT2D eigenvalue weighted by atomic mass is 10.1. The molecular weight excluding hydrogens is 423 g/mol. The summed E-state index contributed by atoms with van der Waals surface area (Å²) in [5.41, 5.74) is 1.56. The number of rotatable bonds is 6. The highest BCUT2D eigenvalue weighted by Gasteiger charge is 2.31. The van der Waals surface area contributed by atoms with E-state index < -0.39 is 9.84 Å². The molecule has 28 heavy (non-hydrogen) atoms. The highest BCUT2D eigenvalue weighted by Crippen LogP contribution is 2.28. The Kier molecular flexibility index (Phi) is 6.34. The molecule has 3 rings (SSSR count). The number of carbonyl (C=O) groups is 1. The number of amides is 1. The summed E-state index contributed by atoms with van der Waals surface area (Å²) < 4.78 is 25.1. The Bertz CT molecular complexity index is 991. The van der Waals surface area contributed by atoms with Crippen LogP contribution < -0.4 is 10.6 Å². The van der Waals surface area contributed by atoms with Crippen molar-refractivity contribution in [1.82, 2.24) is 15.1 Å². The number of aryl methyl sites for hydroxylation is 1. The second kappa shape index (κ2) is 8.41. The largest absolute Gasteiger partial charge is 0.310 e. The van der Waals surface area contributed by atoms with Crippen LogP contribution in [0.25, 0.3) is 0 Å². The van der Waals surface area contributed by atoms with Crippen molar-refractivity contribution in [3.8, 4) is 0 Å². The molecule has 1 aromatic heterocycles. The van der Waals surface area contributed by atoms with E-state index in [1.165, 1.54) is 0 Å². The monoisotopic (exact) mass is 444 g/mol. The van der Waals surface area contributed by atoms with Crippen LogP contribution in [0.2, 0.25) is 10.0 Å². The zero-order valence-corrected chi connectivity index (χ0v) is 17.9. The van der Waals surface area contributed by atoms with Gasteiger partial charge in [0.25, 0.3) is 0 Å². The number of benzene rings is 1. The third-order valence-corrected chi connectivity index (χ3v) is 6.99. The van der Waals surface area contributed by atoms with Crippen LogP contribution in [-0.2, 0) is 14.6 Å². The van der Waals surface area contributed by atoms with Crippen molar-refractivity contribution >= 4 is 44.8 Å². The smallest absolute Gasteiger partial charge is 0.239 e. The van der Waals surface area contributed by atoms with Crippen molar-refractivity contribution < 1.29 is 13.2 Å². The number of hydrogen-bond donors (Lipinski definition) is 2. The molecule has 7 nitrogen and oxygen atoms in total. The van der Waals surface area contributed by atoms with Gasteiger partial charge in [0, 0.05) is 22.2 Å². The number of carbonyl (C=O) groups excluding carboxylic acids is 1. The van der Waals surface area contributed by atoms with Gasteiger partial charge in [-0.2, -0.15) is 5.10 Å². The molecule has 1 aromatic carbocycles. The van der Waals surface area contributed by atoms with Gasteiger partial charge in [-0.1, -0.05) is 29.3 Å². The second-order valence-corrected chi connectivity index (χ2v) is 10.1. The van der Waals surface area contributed by atoms with Gasteiger partial charge < -0.3 is 10.6 Å². The van der Waals surface area contributed by atoms with Crippen LogP contribution in [0, 0.1) is 6.92 Å². The third kappa shape index (κ3) is 5.05. The van der Waals surface area contributed by atoms with Gasteiger partial charge >= 0.3 is 0 Å². The Labute approximate surface area is 174 Å². The first-order valence-corrected chi connectivity index (χ1v) is 11.5. The van der Waals surface area contributed by atoms with E-state index in [4.69, 9.17) is 23.2 Å². The van der Waals surface area contributed by atoms with Crippen LogP contribution in [0.5, 0.6) is 0 Å². The molecule has 2 atom stereocenters. The van der Waals surface area contributed by atoms with Crippen molar-refractivity contribution in [2.75, 3.05) is 23.4 Å². The van der Waals surface area contributed by atoms with Crippen molar-refractivity contribution in [2.45, 2.75) is 32.4 Å². The summed E-state index contributed by atoms with van der Waals surface area (Å²) in [6.07, 6.45) is 0.497. The fourth-order valence-corrected chi connectivity index (χ4v) is 5.52. The van der Waals surface area contributed by atoms with Crippen LogP contribution in [0.15, 0.2) is 24.3 Å². The average molecular weight is 445 g/mol. The number of sulfone groups is 1. The van der Waals surface area contributed by atoms with Gasteiger partial charge in [0.15, 0.2) is 9.84 Å². The summed E-state index contributed by atoms with van der Waals surface area (Å²) in [7, 11) is -3.05. The first-order valence-electron chi connectivity index (χ1n) is 8.89. The summed E-state index contributed by atoms with van der Waals surface area (Å²) in [5.74, 6) is 0.439. The maximum absolute atomic E-state index is 12.4. The average Bonchev–Trinajstić information content (AvgIpc) is 3.14. The van der Waals surface area contributed by atoms with E-state index in [1.807, 2.05) is 13.0 Å². The van der Waals surface area contributed by atoms with Crippen LogP contribution in [0.3, 0.4) is 0 Å². The highest BCUT2D eigenvalue weighted by molar-refractivity contribution is 7.91.